The summed E-state index contributed by atoms with van der Waals surface area (Å²) in [6, 6.07) is 7.75. The molecule has 1 spiro atoms. The van der Waals surface area contributed by atoms with E-state index in [4.69, 9.17) is 14.5 Å². The molecule has 0 radical (unpaired) electrons. The van der Waals surface area contributed by atoms with E-state index in [1.807, 2.05) is 24.3 Å². The number of aryl methyl sites for hydroxylation is 1. The summed E-state index contributed by atoms with van der Waals surface area (Å²) in [6.45, 7) is 6.71. The summed E-state index contributed by atoms with van der Waals surface area (Å²) in [4.78, 5) is 62.3. The van der Waals surface area contributed by atoms with Gasteiger partial charge in [0, 0.05) is 65.2 Å². The summed E-state index contributed by atoms with van der Waals surface area (Å²) in [7, 11) is 1.77. The molecule has 2 N–H and O–H groups in total. The summed E-state index contributed by atoms with van der Waals surface area (Å²) in [5, 5.41) is 13.7. The van der Waals surface area contributed by atoms with Crippen LogP contribution in [0.15, 0.2) is 42.9 Å². The highest BCUT2D eigenvalue weighted by Crippen LogP contribution is 2.45. The second kappa shape index (κ2) is 17.0. The van der Waals surface area contributed by atoms with Gasteiger partial charge in [-0.1, -0.05) is 18.2 Å². The van der Waals surface area contributed by atoms with Crippen LogP contribution in [-0.4, -0.2) is 119 Å². The standard InChI is InChI=1S/C45H54F2N10O6/c1-53-39-28(4-2-6-31(39)37(44(53)61)32-11-12-36(58)51-42(32)59)5-3-19-63-30-13-16-54(17-14-30)21-27-7-9-29(10-8-27)57-22-34(38(52-57)40(46)47)49-43(60)33-20-48-56-18-15-35(50-41(33)56)55-23-45(24-55)25-62-26-45/h2,4,6,15,18,20,22,27,29-30,32,37,40H,3,5,7-14,16-17,19,21,23-26H2,1H3,(H,49,60)(H,51,58,59)/t27-,29-,32?,37?. The molecule has 6 aliphatic rings. The van der Waals surface area contributed by atoms with Gasteiger partial charge in [0.15, 0.2) is 11.3 Å². The van der Waals surface area contributed by atoms with Crippen molar-refractivity contribution in [2.24, 2.45) is 17.3 Å². The number of nitrogens with one attached hydrogen (secondary N) is 2. The summed E-state index contributed by atoms with van der Waals surface area (Å²) in [5.41, 5.74) is 3.12. The minimum Gasteiger partial charge on any atom is -0.380 e. The van der Waals surface area contributed by atoms with Crippen LogP contribution in [0.25, 0.3) is 5.65 Å². The molecule has 4 saturated heterocycles. The third-order valence-corrected chi connectivity index (χ3v) is 14.3. The molecule has 10 rings (SSSR count). The number of carbonyl (C=O) groups is 4. The SMILES string of the molecule is CN1C(=O)C(C2CCC(=O)NC2=O)c2cccc(CCCOC3CCN(C[C@H]4CC[C@H](n5cc(NC(=O)c6cnn7ccc(N8CC9(COC9)C8)nc67)c(C(F)F)n5)CC4)CC3)c21. The number of benzene rings is 1. The molecule has 1 aliphatic carbocycles. The van der Waals surface area contributed by atoms with Crippen LogP contribution in [0.1, 0.15) is 103 Å². The van der Waals surface area contributed by atoms with Crippen molar-refractivity contribution in [1.29, 1.82) is 0 Å². The van der Waals surface area contributed by atoms with Crippen LogP contribution in [-0.2, 0) is 30.3 Å². The first kappa shape index (κ1) is 41.7. The van der Waals surface area contributed by atoms with Gasteiger partial charge in [-0.3, -0.25) is 29.2 Å². The predicted octanol–water partition coefficient (Wildman–Crippen LogP) is 4.91. The van der Waals surface area contributed by atoms with E-state index in [-0.39, 0.29) is 53.0 Å². The highest BCUT2D eigenvalue weighted by atomic mass is 19.3. The summed E-state index contributed by atoms with van der Waals surface area (Å²) >= 11 is 0. The molecule has 4 aromatic rings. The van der Waals surface area contributed by atoms with Crippen molar-refractivity contribution in [2.45, 2.75) is 88.7 Å². The smallest absolute Gasteiger partial charge is 0.284 e. The topological polar surface area (TPSA) is 169 Å². The van der Waals surface area contributed by atoms with Gasteiger partial charge in [-0.2, -0.15) is 10.2 Å². The molecule has 2 unspecified atom stereocenters. The van der Waals surface area contributed by atoms with Crippen LogP contribution in [0.2, 0.25) is 0 Å². The lowest BCUT2D eigenvalue weighted by molar-refractivity contribution is -0.139. The van der Waals surface area contributed by atoms with Gasteiger partial charge in [0.05, 0.1) is 60.2 Å². The number of amides is 4. The predicted molar refractivity (Wildman–Crippen MR) is 227 cm³/mol. The van der Waals surface area contributed by atoms with Gasteiger partial charge >= 0.3 is 0 Å². The number of likely N-dealkylation sites (N-methyl/N-ethyl adjacent to an activating group) is 1. The Morgan fingerprint density at radius 1 is 1.05 bits per heavy atom. The largest absolute Gasteiger partial charge is 0.380 e. The summed E-state index contributed by atoms with van der Waals surface area (Å²) < 4.78 is 43.4. The quantitative estimate of drug-likeness (QED) is 0.138. The van der Waals surface area contributed by atoms with E-state index in [1.54, 1.807) is 29.0 Å². The molecule has 5 aliphatic heterocycles. The Bertz CT molecular complexity index is 2390. The van der Waals surface area contributed by atoms with E-state index in [0.29, 0.717) is 24.6 Å². The zero-order valence-corrected chi connectivity index (χ0v) is 35.5. The molecule has 16 nitrogen and oxygen atoms in total. The van der Waals surface area contributed by atoms with Crippen molar-refractivity contribution < 1.29 is 37.4 Å². The minimum absolute atomic E-state index is 0.000208. The molecule has 0 bridgehead atoms. The zero-order valence-electron chi connectivity index (χ0n) is 35.5. The normalized spacial score (nSPS) is 25.1. The van der Waals surface area contributed by atoms with E-state index in [1.165, 1.54) is 10.7 Å². The number of rotatable bonds is 13. The average molecular weight is 869 g/mol. The van der Waals surface area contributed by atoms with Crippen molar-refractivity contribution in [2.75, 3.05) is 74.7 Å². The van der Waals surface area contributed by atoms with E-state index in [9.17, 15) is 28.0 Å². The Kier molecular flexibility index (Phi) is 11.2. The number of para-hydroxylation sites is 1. The third-order valence-electron chi connectivity index (χ3n) is 14.3. The maximum Gasteiger partial charge on any atom is 0.284 e. The Hall–Kier alpha value is -5.33. The molecule has 2 atom stereocenters. The Morgan fingerprint density at radius 3 is 2.57 bits per heavy atom. The Balaban J connectivity index is 0.671. The van der Waals surface area contributed by atoms with Crippen LogP contribution in [0.5, 0.6) is 0 Å². The number of likely N-dealkylation sites (tertiary alicyclic amines) is 1. The number of nitrogens with zero attached hydrogens (tertiary/aromatic N) is 8. The first-order valence-electron chi connectivity index (χ1n) is 22.4. The van der Waals surface area contributed by atoms with Gasteiger partial charge in [0.1, 0.15) is 11.4 Å². The van der Waals surface area contributed by atoms with Crippen LogP contribution in [0.4, 0.5) is 26.0 Å². The van der Waals surface area contributed by atoms with Gasteiger partial charge in [0.2, 0.25) is 17.7 Å². The van der Waals surface area contributed by atoms with Crippen molar-refractivity contribution in [3.8, 4) is 0 Å². The Labute approximate surface area is 363 Å². The fourth-order valence-corrected chi connectivity index (χ4v) is 10.8. The lowest BCUT2D eigenvalue weighted by Crippen LogP contribution is -2.66. The number of fused-ring (bicyclic) bond motifs is 2. The van der Waals surface area contributed by atoms with Crippen molar-refractivity contribution >= 4 is 46.5 Å². The second-order valence-electron chi connectivity index (χ2n) is 18.6. The number of hydrogen-bond donors (Lipinski definition) is 2. The second-order valence-corrected chi connectivity index (χ2v) is 18.6. The molecule has 334 valence electrons. The minimum atomic E-state index is -2.85. The van der Waals surface area contributed by atoms with Crippen molar-refractivity contribution in [1.82, 2.24) is 34.6 Å². The van der Waals surface area contributed by atoms with Crippen molar-refractivity contribution in [3.63, 3.8) is 0 Å². The molecule has 5 fully saturated rings. The van der Waals surface area contributed by atoms with Gasteiger partial charge in [-0.25, -0.2) is 18.3 Å². The summed E-state index contributed by atoms with van der Waals surface area (Å²) in [5.74, 6) is -1.20. The monoisotopic (exact) mass is 868 g/mol. The lowest BCUT2D eigenvalue weighted by atomic mass is 9.78. The molecule has 18 heteroatoms. The van der Waals surface area contributed by atoms with Crippen molar-refractivity contribution in [3.05, 3.63) is 65.2 Å². The molecule has 8 heterocycles. The maximum absolute atomic E-state index is 14.3. The van der Waals surface area contributed by atoms with Crippen LogP contribution in [0.3, 0.4) is 0 Å². The first-order chi connectivity index (χ1) is 30.5. The fraction of sp³-hybridized carbons (Fsp3) is 0.578. The van der Waals surface area contributed by atoms with Crippen LogP contribution < -0.4 is 20.4 Å². The zero-order chi connectivity index (χ0) is 43.4. The number of hydrogen-bond acceptors (Lipinski definition) is 11. The number of anilines is 3. The average Bonchev–Trinajstić information content (AvgIpc) is 3.94. The Morgan fingerprint density at radius 2 is 1.84 bits per heavy atom. The molecule has 3 aromatic heterocycles. The highest BCUT2D eigenvalue weighted by molar-refractivity contribution is 6.10. The number of imide groups is 1. The number of carbonyl (C=O) groups excluding carboxylic acids is 4. The lowest BCUT2D eigenvalue weighted by Gasteiger charge is -2.55. The van der Waals surface area contributed by atoms with Gasteiger partial charge < -0.3 is 29.5 Å². The van der Waals surface area contributed by atoms with Gasteiger partial charge in [-0.15, -0.1) is 0 Å². The van der Waals surface area contributed by atoms with E-state index in [0.717, 1.165) is 120 Å². The molecule has 1 saturated carbocycles. The number of piperidine rings is 2. The maximum atomic E-state index is 14.3. The van der Waals surface area contributed by atoms with E-state index in [2.05, 4.69) is 30.6 Å². The van der Waals surface area contributed by atoms with E-state index >= 15 is 0 Å². The molecule has 63 heavy (non-hydrogen) atoms. The molecular weight excluding hydrogens is 815 g/mol. The summed E-state index contributed by atoms with van der Waals surface area (Å²) in [6.07, 6.45) is 9.71. The number of halogens is 2. The molecular formula is C45H54F2N10O6. The number of aromatic nitrogens is 5. The number of alkyl halides is 2. The third kappa shape index (κ3) is 8.09. The highest BCUT2D eigenvalue weighted by Gasteiger charge is 2.50. The van der Waals surface area contributed by atoms with Gasteiger partial charge in [-0.05, 0) is 80.9 Å². The van der Waals surface area contributed by atoms with Gasteiger partial charge in [0.25, 0.3) is 12.3 Å². The van der Waals surface area contributed by atoms with E-state index < -0.39 is 29.9 Å². The fourth-order valence-electron chi connectivity index (χ4n) is 10.8. The van der Waals surface area contributed by atoms with Crippen LogP contribution in [0, 0.1) is 17.3 Å². The number of ether oxygens (including phenoxy) is 2. The first-order valence-corrected chi connectivity index (χ1v) is 22.4. The van der Waals surface area contributed by atoms with Crippen LogP contribution >= 0.6 is 0 Å². The molecule has 1 aromatic carbocycles. The molecule has 4 amide bonds.